The van der Waals surface area contributed by atoms with Crippen molar-refractivity contribution in [2.24, 2.45) is 11.8 Å². The topological polar surface area (TPSA) is 79.5 Å². The number of halogens is 4. The van der Waals surface area contributed by atoms with Gasteiger partial charge in [0.05, 0.1) is 5.41 Å². The molecule has 2 aliphatic rings. The minimum absolute atomic E-state index is 0.0879. The van der Waals surface area contributed by atoms with Crippen LogP contribution in [0.4, 0.5) is 13.2 Å². The van der Waals surface area contributed by atoms with Crippen LogP contribution in [0.25, 0.3) is 11.5 Å². The summed E-state index contributed by atoms with van der Waals surface area (Å²) in [6.45, 7) is 2.68. The van der Waals surface area contributed by atoms with Gasteiger partial charge < -0.3 is 14.4 Å². The van der Waals surface area contributed by atoms with E-state index < -0.39 is 17.7 Å². The number of benzene rings is 1. The van der Waals surface area contributed by atoms with E-state index in [2.05, 4.69) is 10.2 Å². The molecule has 31 heavy (non-hydrogen) atoms. The number of alkyl halides is 3. The van der Waals surface area contributed by atoms with Crippen molar-refractivity contribution in [2.75, 3.05) is 13.1 Å². The van der Waals surface area contributed by atoms with Crippen molar-refractivity contribution < 1.29 is 27.5 Å². The summed E-state index contributed by atoms with van der Waals surface area (Å²) in [7, 11) is 0. The highest BCUT2D eigenvalue weighted by molar-refractivity contribution is 6.30. The Morgan fingerprint density at radius 2 is 1.90 bits per heavy atom. The van der Waals surface area contributed by atoms with Crippen LogP contribution >= 0.6 is 11.6 Å². The zero-order chi connectivity index (χ0) is 22.6. The van der Waals surface area contributed by atoms with Gasteiger partial charge in [-0.2, -0.15) is 13.2 Å². The van der Waals surface area contributed by atoms with Gasteiger partial charge in [-0.3, -0.25) is 4.79 Å². The van der Waals surface area contributed by atoms with E-state index in [1.54, 1.807) is 24.3 Å². The van der Waals surface area contributed by atoms with E-state index in [1.807, 2.05) is 6.92 Å². The normalized spacial score (nSPS) is 25.2. The monoisotopic (exact) mass is 457 g/mol. The Morgan fingerprint density at radius 3 is 2.45 bits per heavy atom. The first-order valence-corrected chi connectivity index (χ1v) is 10.5. The van der Waals surface area contributed by atoms with E-state index in [1.165, 1.54) is 0 Å². The molecule has 1 N–H and O–H groups in total. The summed E-state index contributed by atoms with van der Waals surface area (Å²) in [6, 6.07) is 7.05. The summed E-state index contributed by atoms with van der Waals surface area (Å²) >= 11 is 5.92. The third kappa shape index (κ3) is 3.82. The Hall–Kier alpha value is -2.13. The molecule has 1 aromatic carbocycles. The molecular weight excluding hydrogens is 435 g/mol. The molecule has 0 bridgehead atoms. The van der Waals surface area contributed by atoms with Gasteiger partial charge in [-0.1, -0.05) is 18.5 Å². The molecule has 1 aliphatic heterocycles. The van der Waals surface area contributed by atoms with Gasteiger partial charge in [0.2, 0.25) is 17.4 Å². The lowest BCUT2D eigenvalue weighted by atomic mass is 9.74. The lowest BCUT2D eigenvalue weighted by Gasteiger charge is -2.42. The molecule has 1 aliphatic carbocycles. The van der Waals surface area contributed by atoms with Crippen LogP contribution < -0.4 is 0 Å². The molecule has 2 aromatic rings. The van der Waals surface area contributed by atoms with Crippen molar-refractivity contribution in [2.45, 2.75) is 50.3 Å². The number of aliphatic hydroxyl groups is 1. The molecule has 168 valence electrons. The maximum absolute atomic E-state index is 13.1. The third-order valence-corrected chi connectivity index (χ3v) is 6.85. The molecular formula is C21H23ClF3N3O3. The van der Waals surface area contributed by atoms with Gasteiger partial charge in [-0.15, -0.1) is 10.2 Å². The summed E-state index contributed by atoms with van der Waals surface area (Å²) in [5, 5.41) is 18.8. The predicted octanol–water partition coefficient (Wildman–Crippen LogP) is 4.22. The summed E-state index contributed by atoms with van der Waals surface area (Å²) in [4.78, 5) is 13.5. The SMILES string of the molecule is C[C@H]1CN(C(=O)[C@@](C)(O)C(F)(F)F)CC[C@H]1C1(c2nnc(-c3ccc(Cl)cc3)o2)CC1. The predicted molar refractivity (Wildman–Crippen MR) is 106 cm³/mol. The van der Waals surface area contributed by atoms with Crippen LogP contribution in [-0.2, 0) is 10.2 Å². The van der Waals surface area contributed by atoms with Crippen LogP contribution in [0.3, 0.4) is 0 Å². The number of aromatic nitrogens is 2. The summed E-state index contributed by atoms with van der Waals surface area (Å²) in [5.41, 5.74) is -2.96. The number of carbonyl (C=O) groups is 1. The minimum Gasteiger partial charge on any atom is -0.420 e. The van der Waals surface area contributed by atoms with Crippen molar-refractivity contribution in [3.8, 4) is 11.5 Å². The van der Waals surface area contributed by atoms with Crippen molar-refractivity contribution in [3.05, 3.63) is 35.2 Å². The van der Waals surface area contributed by atoms with Gasteiger partial charge in [0.1, 0.15) is 0 Å². The molecule has 2 fully saturated rings. The fourth-order valence-electron chi connectivity index (χ4n) is 4.59. The van der Waals surface area contributed by atoms with Crippen molar-refractivity contribution in [1.82, 2.24) is 15.1 Å². The molecule has 3 atom stereocenters. The number of rotatable bonds is 4. The Labute approximate surface area is 182 Å². The molecule has 1 aromatic heterocycles. The molecule has 0 unspecified atom stereocenters. The summed E-state index contributed by atoms with van der Waals surface area (Å²) in [6.07, 6.45) is -2.83. The van der Waals surface area contributed by atoms with Crippen LogP contribution in [0, 0.1) is 11.8 Å². The van der Waals surface area contributed by atoms with E-state index in [-0.39, 0.29) is 30.3 Å². The van der Waals surface area contributed by atoms with E-state index in [4.69, 9.17) is 16.0 Å². The van der Waals surface area contributed by atoms with Crippen molar-refractivity contribution in [1.29, 1.82) is 0 Å². The van der Waals surface area contributed by atoms with Crippen LogP contribution in [-0.4, -0.2) is 51.0 Å². The van der Waals surface area contributed by atoms with Crippen LogP contribution in [0.2, 0.25) is 5.02 Å². The molecule has 1 saturated heterocycles. The Morgan fingerprint density at radius 1 is 1.26 bits per heavy atom. The second kappa shape index (κ2) is 7.48. The van der Waals surface area contributed by atoms with Gasteiger partial charge in [0.25, 0.3) is 5.91 Å². The quantitative estimate of drug-likeness (QED) is 0.743. The van der Waals surface area contributed by atoms with Crippen LogP contribution in [0.5, 0.6) is 0 Å². The van der Waals surface area contributed by atoms with Gasteiger partial charge in [-0.25, -0.2) is 0 Å². The molecule has 2 heterocycles. The maximum Gasteiger partial charge on any atom is 0.426 e. The Balaban J connectivity index is 1.49. The van der Waals surface area contributed by atoms with E-state index in [0.717, 1.165) is 23.3 Å². The molecule has 1 saturated carbocycles. The average molecular weight is 458 g/mol. The fourth-order valence-corrected chi connectivity index (χ4v) is 4.72. The van der Waals surface area contributed by atoms with Crippen molar-refractivity contribution in [3.63, 3.8) is 0 Å². The van der Waals surface area contributed by atoms with E-state index in [0.29, 0.717) is 30.1 Å². The first-order chi connectivity index (χ1) is 14.5. The first-order valence-electron chi connectivity index (χ1n) is 10.1. The molecule has 4 rings (SSSR count). The number of piperidine rings is 1. The summed E-state index contributed by atoms with van der Waals surface area (Å²) < 4.78 is 45.2. The largest absolute Gasteiger partial charge is 0.426 e. The zero-order valence-corrected chi connectivity index (χ0v) is 17.9. The molecule has 1 amide bonds. The minimum atomic E-state index is -5.02. The number of amides is 1. The standard InChI is InChI=1S/C21H23ClF3N3O3/c1-12-11-28(18(29)19(2,30)21(23,24)25)10-7-15(12)20(8-9-20)17-27-26-16(31-17)13-3-5-14(22)6-4-13/h3-6,12,15,30H,7-11H2,1-2H3/t12-,15+,19+/m0/s1. The third-order valence-electron chi connectivity index (χ3n) is 6.60. The number of nitrogens with zero attached hydrogens (tertiary/aromatic N) is 3. The van der Waals surface area contributed by atoms with Gasteiger partial charge in [-0.05, 0) is 62.3 Å². The van der Waals surface area contributed by atoms with E-state index >= 15 is 0 Å². The first kappa shape index (κ1) is 22.1. The van der Waals surface area contributed by atoms with Crippen LogP contribution in [0.15, 0.2) is 28.7 Å². The molecule has 10 heteroatoms. The Bertz CT molecular complexity index is 970. The van der Waals surface area contributed by atoms with Gasteiger partial charge in [0, 0.05) is 23.7 Å². The second-order valence-electron chi connectivity index (χ2n) is 8.77. The molecule has 0 radical (unpaired) electrons. The fraction of sp³-hybridized carbons (Fsp3) is 0.571. The lowest BCUT2D eigenvalue weighted by Crippen LogP contribution is -2.58. The average Bonchev–Trinajstić information content (AvgIpc) is 3.35. The number of carbonyl (C=O) groups excluding carboxylic acids is 1. The zero-order valence-electron chi connectivity index (χ0n) is 17.1. The Kier molecular flexibility index (Phi) is 5.33. The molecule has 6 nitrogen and oxygen atoms in total. The number of hydrogen-bond acceptors (Lipinski definition) is 5. The lowest BCUT2D eigenvalue weighted by molar-refractivity contribution is -0.251. The smallest absolute Gasteiger partial charge is 0.420 e. The highest BCUT2D eigenvalue weighted by Gasteiger charge is 2.60. The van der Waals surface area contributed by atoms with Crippen LogP contribution in [0.1, 0.15) is 39.0 Å². The highest BCUT2D eigenvalue weighted by Crippen LogP contribution is 2.58. The van der Waals surface area contributed by atoms with Gasteiger partial charge >= 0.3 is 6.18 Å². The van der Waals surface area contributed by atoms with Crippen molar-refractivity contribution >= 4 is 17.5 Å². The highest BCUT2D eigenvalue weighted by atomic mass is 35.5. The second-order valence-corrected chi connectivity index (χ2v) is 9.21. The maximum atomic E-state index is 13.1. The summed E-state index contributed by atoms with van der Waals surface area (Å²) in [5.74, 6) is -0.394. The molecule has 0 spiro atoms. The number of hydrogen-bond donors (Lipinski definition) is 1. The van der Waals surface area contributed by atoms with E-state index in [9.17, 15) is 23.1 Å². The number of likely N-dealkylation sites (tertiary alicyclic amines) is 1. The van der Waals surface area contributed by atoms with Gasteiger partial charge in [0.15, 0.2) is 0 Å².